The lowest BCUT2D eigenvalue weighted by atomic mass is 10.0. The van der Waals surface area contributed by atoms with Crippen LogP contribution in [-0.2, 0) is 0 Å². The lowest BCUT2D eigenvalue weighted by Crippen LogP contribution is -2.12. The number of benzene rings is 2. The van der Waals surface area contributed by atoms with Gasteiger partial charge in [-0.15, -0.1) is 0 Å². The highest BCUT2D eigenvalue weighted by Gasteiger charge is 2.20. The van der Waals surface area contributed by atoms with E-state index in [1.165, 1.54) is 0 Å². The van der Waals surface area contributed by atoms with Crippen molar-refractivity contribution in [2.24, 2.45) is 0 Å². The molecule has 0 unspecified atom stereocenters. The molecule has 26 heavy (non-hydrogen) atoms. The molecule has 0 radical (unpaired) electrons. The fourth-order valence-electron chi connectivity index (χ4n) is 3.38. The summed E-state index contributed by atoms with van der Waals surface area (Å²) in [5, 5.41) is 39.4. The normalized spacial score (nSPS) is 10.2. The molecule has 118 valence electrons. The van der Waals surface area contributed by atoms with E-state index in [2.05, 4.69) is 9.97 Å². The van der Waals surface area contributed by atoms with Crippen LogP contribution in [0.4, 0.5) is 0 Å². The van der Waals surface area contributed by atoms with E-state index in [4.69, 9.17) is 0 Å². The summed E-state index contributed by atoms with van der Waals surface area (Å²) >= 11 is 0. The predicted molar refractivity (Wildman–Crippen MR) is 95.3 cm³/mol. The van der Waals surface area contributed by atoms with E-state index in [-0.39, 0.29) is 11.1 Å². The molecule has 2 aromatic rings. The molecular formula is C20H8N6. The average molecular weight is 332 g/mol. The molecule has 6 heteroatoms. The first kappa shape index (κ1) is 15.0. The Morgan fingerprint density at radius 3 is 1.54 bits per heavy atom. The Morgan fingerprint density at radius 2 is 1.12 bits per heavy atom. The van der Waals surface area contributed by atoms with Gasteiger partial charge >= 0.3 is 0 Å². The van der Waals surface area contributed by atoms with Crippen LogP contribution < -0.4 is 10.7 Å². The van der Waals surface area contributed by atoms with Crippen molar-refractivity contribution in [2.75, 3.05) is 0 Å². The second kappa shape index (κ2) is 5.53. The molecule has 0 spiro atoms. The van der Waals surface area contributed by atoms with E-state index >= 15 is 0 Å². The molecule has 4 rings (SSSR count). The van der Waals surface area contributed by atoms with Gasteiger partial charge in [0.05, 0.1) is 0 Å². The van der Waals surface area contributed by atoms with E-state index in [1.54, 1.807) is 12.1 Å². The van der Waals surface area contributed by atoms with Gasteiger partial charge in [0.2, 0.25) is 0 Å². The van der Waals surface area contributed by atoms with Crippen LogP contribution in [0.3, 0.4) is 0 Å². The van der Waals surface area contributed by atoms with Gasteiger partial charge < -0.3 is 9.97 Å². The number of nitrogens with one attached hydrogen (secondary N) is 2. The third kappa shape index (κ3) is 1.88. The van der Waals surface area contributed by atoms with E-state index in [1.807, 2.05) is 48.5 Å². The zero-order valence-corrected chi connectivity index (χ0v) is 13.3. The molecule has 2 aliphatic rings. The van der Waals surface area contributed by atoms with Gasteiger partial charge in [-0.2, -0.15) is 21.0 Å². The molecular weight excluding hydrogens is 324 g/mol. The van der Waals surface area contributed by atoms with Crippen molar-refractivity contribution < 1.29 is 0 Å². The highest BCUT2D eigenvalue weighted by atomic mass is 14.8. The van der Waals surface area contributed by atoms with Gasteiger partial charge in [-0.05, 0) is 22.9 Å². The van der Waals surface area contributed by atoms with E-state index in [0.717, 1.165) is 21.9 Å². The van der Waals surface area contributed by atoms with Crippen molar-refractivity contribution in [3.05, 3.63) is 47.1 Å². The molecule has 1 aliphatic carbocycles. The lowest BCUT2D eigenvalue weighted by molar-refractivity contribution is 1.18. The smallest absolute Gasteiger partial charge is 0.170 e. The summed E-state index contributed by atoms with van der Waals surface area (Å²) in [6.07, 6.45) is 0. The number of hydrogen-bond donors (Lipinski definition) is 2. The number of aromatic nitrogens is 2. The first-order valence-electron chi connectivity index (χ1n) is 7.63. The number of hydrogen-bond acceptors (Lipinski definition) is 4. The highest BCUT2D eigenvalue weighted by molar-refractivity contribution is 6.14. The van der Waals surface area contributed by atoms with Crippen LogP contribution in [0.25, 0.3) is 44.1 Å². The molecule has 2 aromatic carbocycles. The Morgan fingerprint density at radius 1 is 0.654 bits per heavy atom. The largest absolute Gasteiger partial charge is 0.340 e. The topological polar surface area (TPSA) is 127 Å². The van der Waals surface area contributed by atoms with Gasteiger partial charge in [-0.1, -0.05) is 24.3 Å². The maximum absolute atomic E-state index is 9.38. The molecule has 0 amide bonds. The molecule has 1 aliphatic heterocycles. The summed E-state index contributed by atoms with van der Waals surface area (Å²) in [7, 11) is 0. The van der Waals surface area contributed by atoms with Gasteiger partial charge in [0.25, 0.3) is 0 Å². The van der Waals surface area contributed by atoms with Gasteiger partial charge in [0, 0.05) is 27.4 Å². The average Bonchev–Trinajstić information content (AvgIpc) is 2.90. The van der Waals surface area contributed by atoms with Crippen molar-refractivity contribution in [2.45, 2.75) is 0 Å². The first-order chi connectivity index (χ1) is 12.7. The number of nitrogens with zero attached hydrogens (tertiary/aromatic N) is 4. The van der Waals surface area contributed by atoms with E-state index in [0.29, 0.717) is 21.7 Å². The summed E-state index contributed by atoms with van der Waals surface area (Å²) < 4.78 is 0. The first-order valence-corrected chi connectivity index (χ1v) is 7.63. The lowest BCUT2D eigenvalue weighted by Gasteiger charge is -2.01. The Kier molecular flexibility index (Phi) is 3.20. The van der Waals surface area contributed by atoms with Crippen LogP contribution in [0.15, 0.2) is 36.4 Å². The monoisotopic (exact) mass is 332 g/mol. The van der Waals surface area contributed by atoms with Crippen LogP contribution in [0.2, 0.25) is 0 Å². The van der Waals surface area contributed by atoms with Crippen molar-refractivity contribution in [3.63, 3.8) is 0 Å². The molecule has 0 saturated carbocycles. The fraction of sp³-hybridized carbons (Fsp3) is 0. The van der Waals surface area contributed by atoms with Crippen molar-refractivity contribution in [3.8, 4) is 35.4 Å². The summed E-state index contributed by atoms with van der Waals surface area (Å²) in [5.41, 5.74) is 3.37. The summed E-state index contributed by atoms with van der Waals surface area (Å²) in [5.74, 6) is 0. The second-order valence-electron chi connectivity index (χ2n) is 5.65. The fourth-order valence-corrected chi connectivity index (χ4v) is 3.38. The van der Waals surface area contributed by atoms with Crippen molar-refractivity contribution >= 4 is 33.0 Å². The highest BCUT2D eigenvalue weighted by Crippen LogP contribution is 2.36. The molecule has 0 atom stereocenters. The van der Waals surface area contributed by atoms with Gasteiger partial charge in [0.1, 0.15) is 35.3 Å². The van der Waals surface area contributed by atoms with Crippen LogP contribution in [-0.4, -0.2) is 9.97 Å². The maximum atomic E-state index is 9.38. The number of H-pyrrole nitrogens is 2. The Labute approximate surface area is 147 Å². The second-order valence-corrected chi connectivity index (χ2v) is 5.65. The standard InChI is InChI=1S/C20H8N6/c21-7-11(8-22)17-13-3-1-5-15-18(13)19-14(17)4-2-6-16(19)26-20(25-15)12(9-23)10-24/h1-6,25-26H. The van der Waals surface area contributed by atoms with Gasteiger partial charge in [-0.3, -0.25) is 0 Å². The van der Waals surface area contributed by atoms with Crippen LogP contribution >= 0.6 is 0 Å². The van der Waals surface area contributed by atoms with Crippen LogP contribution in [0, 0.1) is 45.3 Å². The predicted octanol–water partition coefficient (Wildman–Crippen LogP) is 2.15. The zero-order chi connectivity index (χ0) is 18.3. The number of aromatic amines is 2. The van der Waals surface area contributed by atoms with Crippen LogP contribution in [0.5, 0.6) is 0 Å². The molecule has 0 saturated heterocycles. The third-order valence-corrected chi connectivity index (χ3v) is 4.38. The molecule has 1 heterocycles. The number of nitriles is 4. The Balaban J connectivity index is 2.46. The summed E-state index contributed by atoms with van der Waals surface area (Å²) in [6, 6.07) is 18.7. The Bertz CT molecular complexity index is 1360. The minimum atomic E-state index is -0.0642. The SMILES string of the molecule is N#CC(C#N)=c1[nH]c2cccc3c2-c2c(cccc2c3=C(C#N)C#N)[nH]1. The minimum Gasteiger partial charge on any atom is -0.340 e. The molecule has 0 aromatic heterocycles. The molecule has 0 fully saturated rings. The van der Waals surface area contributed by atoms with Gasteiger partial charge in [0.15, 0.2) is 5.57 Å². The number of rotatable bonds is 0. The van der Waals surface area contributed by atoms with Crippen molar-refractivity contribution in [1.82, 2.24) is 9.97 Å². The molecule has 0 bridgehead atoms. The van der Waals surface area contributed by atoms with E-state index < -0.39 is 0 Å². The molecule has 2 N–H and O–H groups in total. The quantitative estimate of drug-likeness (QED) is 0.511. The zero-order valence-electron chi connectivity index (χ0n) is 13.3. The summed E-state index contributed by atoms with van der Waals surface area (Å²) in [4.78, 5) is 6.23. The maximum Gasteiger partial charge on any atom is 0.170 e. The third-order valence-electron chi connectivity index (χ3n) is 4.38. The minimum absolute atomic E-state index is 0.0466. The molecule has 6 nitrogen and oxygen atoms in total. The van der Waals surface area contributed by atoms with E-state index in [9.17, 15) is 21.0 Å². The summed E-state index contributed by atoms with van der Waals surface area (Å²) in [6.45, 7) is 0. The van der Waals surface area contributed by atoms with Crippen LogP contribution in [0.1, 0.15) is 0 Å². The Hall–Kier alpha value is -4.52. The van der Waals surface area contributed by atoms with Crippen molar-refractivity contribution in [1.29, 1.82) is 21.0 Å². The van der Waals surface area contributed by atoms with Gasteiger partial charge in [-0.25, -0.2) is 0 Å².